The summed E-state index contributed by atoms with van der Waals surface area (Å²) in [5.74, 6) is 1.13. The average molecular weight is 304 g/mol. The number of carbonyl (C=O) groups excluding carboxylic acids is 1. The van der Waals surface area contributed by atoms with Crippen LogP contribution in [-0.4, -0.2) is 26.5 Å². The van der Waals surface area contributed by atoms with Crippen molar-refractivity contribution in [1.82, 2.24) is 19.9 Å². The Morgan fingerprint density at radius 3 is 3.24 bits per heavy atom. The number of hydrogen-bond donors (Lipinski definition) is 1. The molecule has 0 saturated heterocycles. The zero-order chi connectivity index (χ0) is 14.8. The summed E-state index contributed by atoms with van der Waals surface area (Å²) in [5, 5.41) is 4.20. The van der Waals surface area contributed by atoms with E-state index in [1.807, 2.05) is 19.3 Å². The highest BCUT2D eigenvalue weighted by molar-refractivity contribution is 7.13. The van der Waals surface area contributed by atoms with Crippen molar-refractivity contribution >= 4 is 17.2 Å². The topological polar surface area (TPSA) is 59.8 Å². The minimum atomic E-state index is 0.0147. The molecule has 3 rings (SSSR count). The van der Waals surface area contributed by atoms with Crippen molar-refractivity contribution in [3.63, 3.8) is 0 Å². The molecule has 2 aromatic heterocycles. The standard InChI is InChI=1S/C15H20N4OS/c1-3-4-13-17-10(2)14(21-13)15(20)18-11-5-6-12-16-7-8-19(12)9-11/h7-8,11H,3-6,9H2,1-2H3,(H,18,20)/t11-/m1/s1. The van der Waals surface area contributed by atoms with Crippen LogP contribution in [0, 0.1) is 6.92 Å². The van der Waals surface area contributed by atoms with Gasteiger partial charge in [-0.2, -0.15) is 0 Å². The average Bonchev–Trinajstić information content (AvgIpc) is 3.05. The second kappa shape index (κ2) is 5.97. The molecule has 21 heavy (non-hydrogen) atoms. The van der Waals surface area contributed by atoms with Gasteiger partial charge < -0.3 is 9.88 Å². The van der Waals surface area contributed by atoms with E-state index in [9.17, 15) is 4.79 Å². The van der Waals surface area contributed by atoms with Crippen LogP contribution in [-0.2, 0) is 19.4 Å². The van der Waals surface area contributed by atoms with Gasteiger partial charge in [0.25, 0.3) is 5.91 Å². The monoisotopic (exact) mass is 304 g/mol. The Morgan fingerprint density at radius 2 is 2.43 bits per heavy atom. The maximum Gasteiger partial charge on any atom is 0.263 e. The van der Waals surface area contributed by atoms with E-state index in [4.69, 9.17) is 0 Å². The predicted molar refractivity (Wildman–Crippen MR) is 82.6 cm³/mol. The summed E-state index contributed by atoms with van der Waals surface area (Å²) in [4.78, 5) is 22.0. The van der Waals surface area contributed by atoms with Gasteiger partial charge in [-0.25, -0.2) is 9.97 Å². The first-order chi connectivity index (χ1) is 10.2. The number of fused-ring (bicyclic) bond motifs is 1. The molecule has 0 aliphatic carbocycles. The SMILES string of the molecule is CCCc1nc(C)c(C(=O)N[C@@H]2CCc3nccn3C2)s1. The summed E-state index contributed by atoms with van der Waals surface area (Å²) in [5.41, 5.74) is 0.847. The third kappa shape index (κ3) is 3.00. The molecule has 1 amide bonds. The van der Waals surface area contributed by atoms with Gasteiger partial charge in [0.15, 0.2) is 0 Å². The Hall–Kier alpha value is -1.69. The number of carbonyl (C=O) groups is 1. The van der Waals surface area contributed by atoms with E-state index in [2.05, 4.69) is 26.8 Å². The molecule has 0 unspecified atom stereocenters. The van der Waals surface area contributed by atoms with Crippen molar-refractivity contribution in [3.05, 3.63) is 33.8 Å². The molecule has 5 nitrogen and oxygen atoms in total. The van der Waals surface area contributed by atoms with Crippen LogP contribution in [0.2, 0.25) is 0 Å². The van der Waals surface area contributed by atoms with Crippen LogP contribution in [0.4, 0.5) is 0 Å². The highest BCUT2D eigenvalue weighted by Gasteiger charge is 2.23. The number of hydrogen-bond acceptors (Lipinski definition) is 4. The number of nitrogens with zero attached hydrogens (tertiary/aromatic N) is 3. The molecule has 2 aromatic rings. The summed E-state index contributed by atoms with van der Waals surface area (Å²) in [6.07, 6.45) is 7.67. The lowest BCUT2D eigenvalue weighted by molar-refractivity contribution is 0.0931. The molecule has 112 valence electrons. The number of rotatable bonds is 4. The number of thiazole rings is 1. The Morgan fingerprint density at radius 1 is 1.57 bits per heavy atom. The van der Waals surface area contributed by atoms with Crippen LogP contribution in [0.5, 0.6) is 0 Å². The minimum absolute atomic E-state index is 0.0147. The molecule has 0 aromatic carbocycles. The minimum Gasteiger partial charge on any atom is -0.347 e. The van der Waals surface area contributed by atoms with Crippen LogP contribution in [0.25, 0.3) is 0 Å². The molecule has 3 heterocycles. The van der Waals surface area contributed by atoms with Crippen molar-refractivity contribution in [2.45, 2.75) is 52.1 Å². The molecule has 0 radical (unpaired) electrons. The zero-order valence-electron chi connectivity index (χ0n) is 12.4. The molecule has 0 fully saturated rings. The van der Waals surface area contributed by atoms with Gasteiger partial charge in [0.1, 0.15) is 10.7 Å². The fourth-order valence-corrected chi connectivity index (χ4v) is 3.79. The maximum absolute atomic E-state index is 12.4. The summed E-state index contributed by atoms with van der Waals surface area (Å²) < 4.78 is 2.12. The van der Waals surface area contributed by atoms with E-state index >= 15 is 0 Å². The first kappa shape index (κ1) is 14.3. The third-order valence-corrected chi connectivity index (χ3v) is 5.00. The Kier molecular flexibility index (Phi) is 4.05. The highest BCUT2D eigenvalue weighted by Crippen LogP contribution is 2.20. The Balaban J connectivity index is 1.67. The lowest BCUT2D eigenvalue weighted by Crippen LogP contribution is -2.40. The second-order valence-corrected chi connectivity index (χ2v) is 6.56. The second-order valence-electron chi connectivity index (χ2n) is 5.48. The van der Waals surface area contributed by atoms with Crippen molar-refractivity contribution < 1.29 is 4.79 Å². The number of aromatic nitrogens is 3. The molecule has 0 saturated carbocycles. The van der Waals surface area contributed by atoms with Crippen molar-refractivity contribution in [1.29, 1.82) is 0 Å². The summed E-state index contributed by atoms with van der Waals surface area (Å²) in [7, 11) is 0. The number of nitrogens with one attached hydrogen (secondary N) is 1. The fraction of sp³-hybridized carbons (Fsp3) is 0.533. The van der Waals surface area contributed by atoms with Crippen LogP contribution < -0.4 is 5.32 Å². The van der Waals surface area contributed by atoms with Gasteiger partial charge in [0.2, 0.25) is 0 Å². The molecule has 6 heteroatoms. The summed E-state index contributed by atoms with van der Waals surface area (Å²) in [6, 6.07) is 0.176. The maximum atomic E-state index is 12.4. The molecular weight excluding hydrogens is 284 g/mol. The van der Waals surface area contributed by atoms with Crippen LogP contribution in [0.3, 0.4) is 0 Å². The van der Waals surface area contributed by atoms with Gasteiger partial charge in [-0.15, -0.1) is 11.3 Å². The number of aryl methyl sites for hydroxylation is 3. The summed E-state index contributed by atoms with van der Waals surface area (Å²) in [6.45, 7) is 4.85. The van der Waals surface area contributed by atoms with E-state index in [0.717, 1.165) is 53.6 Å². The Bertz CT molecular complexity index is 646. The lowest BCUT2D eigenvalue weighted by Gasteiger charge is -2.24. The fourth-order valence-electron chi connectivity index (χ4n) is 2.72. The van der Waals surface area contributed by atoms with Gasteiger partial charge in [-0.05, 0) is 26.2 Å². The van der Waals surface area contributed by atoms with E-state index in [1.54, 1.807) is 0 Å². The third-order valence-electron chi connectivity index (χ3n) is 3.78. The molecule has 1 N–H and O–H groups in total. The van der Waals surface area contributed by atoms with Crippen LogP contribution in [0.15, 0.2) is 12.4 Å². The number of imidazole rings is 1. The van der Waals surface area contributed by atoms with E-state index in [1.165, 1.54) is 11.3 Å². The predicted octanol–water partition coefficient (Wildman–Crippen LogP) is 2.35. The van der Waals surface area contributed by atoms with Crippen molar-refractivity contribution in [2.75, 3.05) is 0 Å². The summed E-state index contributed by atoms with van der Waals surface area (Å²) >= 11 is 1.53. The highest BCUT2D eigenvalue weighted by atomic mass is 32.1. The van der Waals surface area contributed by atoms with E-state index < -0.39 is 0 Å². The van der Waals surface area contributed by atoms with Gasteiger partial charge in [-0.3, -0.25) is 4.79 Å². The van der Waals surface area contributed by atoms with Gasteiger partial charge >= 0.3 is 0 Å². The van der Waals surface area contributed by atoms with E-state index in [0.29, 0.717) is 0 Å². The van der Waals surface area contributed by atoms with Crippen molar-refractivity contribution in [3.8, 4) is 0 Å². The van der Waals surface area contributed by atoms with Crippen LogP contribution >= 0.6 is 11.3 Å². The van der Waals surface area contributed by atoms with Crippen molar-refractivity contribution in [2.24, 2.45) is 0 Å². The first-order valence-electron chi connectivity index (χ1n) is 7.44. The zero-order valence-corrected chi connectivity index (χ0v) is 13.2. The smallest absolute Gasteiger partial charge is 0.263 e. The molecule has 0 bridgehead atoms. The molecular formula is C15H20N4OS. The largest absolute Gasteiger partial charge is 0.347 e. The van der Waals surface area contributed by atoms with Crippen LogP contribution in [0.1, 0.15) is 46.0 Å². The first-order valence-corrected chi connectivity index (χ1v) is 8.26. The normalized spacial score (nSPS) is 17.5. The molecule has 0 spiro atoms. The lowest BCUT2D eigenvalue weighted by atomic mass is 10.1. The Labute approximate surface area is 128 Å². The van der Waals surface area contributed by atoms with E-state index in [-0.39, 0.29) is 11.9 Å². The number of amides is 1. The molecule has 1 aliphatic heterocycles. The molecule has 1 atom stereocenters. The van der Waals surface area contributed by atoms with Gasteiger partial charge in [0, 0.05) is 31.4 Å². The quantitative estimate of drug-likeness (QED) is 0.943. The molecule has 1 aliphatic rings. The van der Waals surface area contributed by atoms with Gasteiger partial charge in [0.05, 0.1) is 10.7 Å². The van der Waals surface area contributed by atoms with Gasteiger partial charge in [-0.1, -0.05) is 6.92 Å².